The van der Waals surface area contributed by atoms with E-state index < -0.39 is 0 Å². The average molecular weight is 313 g/mol. The Morgan fingerprint density at radius 2 is 1.78 bits per heavy atom. The van der Waals surface area contributed by atoms with E-state index in [1.54, 1.807) is 18.2 Å². The highest BCUT2D eigenvalue weighted by atomic mass is 16.3. The maximum absolute atomic E-state index is 11.8. The molecular formula is C20H27NO2. The molecule has 0 unspecified atom stereocenters. The molecule has 1 aromatic heterocycles. The van der Waals surface area contributed by atoms with E-state index in [0.29, 0.717) is 0 Å². The molecule has 2 rings (SSSR count). The molecule has 0 atom stereocenters. The van der Waals surface area contributed by atoms with E-state index in [1.165, 1.54) is 32.1 Å². The number of nitrogens with zero attached hydrogens (tertiary/aromatic N) is 1. The van der Waals surface area contributed by atoms with Gasteiger partial charge in [0, 0.05) is 36.0 Å². The van der Waals surface area contributed by atoms with Crippen LogP contribution in [0.25, 0.3) is 11.3 Å². The van der Waals surface area contributed by atoms with Gasteiger partial charge in [0.1, 0.15) is 5.75 Å². The predicted molar refractivity (Wildman–Crippen MR) is 95.9 cm³/mol. The number of hydrogen-bond donors (Lipinski definition) is 1. The molecule has 0 fully saturated rings. The van der Waals surface area contributed by atoms with Crippen molar-refractivity contribution in [3.05, 3.63) is 52.3 Å². The maximum Gasteiger partial charge on any atom is 0.182 e. The van der Waals surface area contributed by atoms with Gasteiger partial charge in [-0.1, -0.05) is 51.2 Å². The molecule has 0 saturated carbocycles. The van der Waals surface area contributed by atoms with Crippen molar-refractivity contribution in [3.63, 3.8) is 0 Å². The Morgan fingerprint density at radius 3 is 2.57 bits per heavy atom. The fourth-order valence-corrected chi connectivity index (χ4v) is 2.90. The number of aromatic nitrogens is 1. The molecule has 23 heavy (non-hydrogen) atoms. The van der Waals surface area contributed by atoms with E-state index in [4.69, 9.17) is 0 Å². The Balaban J connectivity index is 2.15. The summed E-state index contributed by atoms with van der Waals surface area (Å²) in [7, 11) is 0. The van der Waals surface area contributed by atoms with Crippen molar-refractivity contribution in [3.8, 4) is 17.0 Å². The zero-order valence-electron chi connectivity index (χ0n) is 14.2. The lowest BCUT2D eigenvalue weighted by atomic mass is 10.0. The van der Waals surface area contributed by atoms with Crippen LogP contribution in [0.1, 0.15) is 51.0 Å². The van der Waals surface area contributed by atoms with Gasteiger partial charge in [-0.15, -0.1) is 0 Å². The highest BCUT2D eigenvalue weighted by Gasteiger charge is 2.09. The van der Waals surface area contributed by atoms with Gasteiger partial charge in [-0.25, -0.2) is 0 Å². The van der Waals surface area contributed by atoms with Crippen LogP contribution in [0.3, 0.4) is 0 Å². The summed E-state index contributed by atoms with van der Waals surface area (Å²) >= 11 is 0. The second-order valence-corrected chi connectivity index (χ2v) is 6.16. The van der Waals surface area contributed by atoms with Gasteiger partial charge in [0.25, 0.3) is 0 Å². The van der Waals surface area contributed by atoms with Crippen molar-refractivity contribution < 1.29 is 5.11 Å². The summed E-state index contributed by atoms with van der Waals surface area (Å²) < 4.78 is 2.13. The van der Waals surface area contributed by atoms with Gasteiger partial charge < -0.3 is 9.67 Å². The Kier molecular flexibility index (Phi) is 6.45. The smallest absolute Gasteiger partial charge is 0.182 e. The van der Waals surface area contributed by atoms with Crippen LogP contribution >= 0.6 is 0 Å². The van der Waals surface area contributed by atoms with Crippen molar-refractivity contribution in [2.24, 2.45) is 0 Å². The first-order valence-electron chi connectivity index (χ1n) is 8.63. The van der Waals surface area contributed by atoms with Gasteiger partial charge in [0.2, 0.25) is 0 Å². The molecule has 3 nitrogen and oxygen atoms in total. The first kappa shape index (κ1) is 17.3. The third-order valence-corrected chi connectivity index (χ3v) is 4.34. The number of phenols is 1. The van der Waals surface area contributed by atoms with E-state index in [-0.39, 0.29) is 11.2 Å². The third-order valence-electron chi connectivity index (χ3n) is 4.34. The molecule has 124 valence electrons. The zero-order valence-corrected chi connectivity index (χ0v) is 14.2. The Labute approximate surface area is 138 Å². The van der Waals surface area contributed by atoms with E-state index in [9.17, 15) is 9.90 Å². The SMILES string of the molecule is CCCCCCCCn1ccc(=O)cc1-c1cccc(O)c1C. The molecule has 0 radical (unpaired) electrons. The van der Waals surface area contributed by atoms with Crippen LogP contribution in [0.2, 0.25) is 0 Å². The predicted octanol–water partition coefficient (Wildman–Crippen LogP) is 4.89. The van der Waals surface area contributed by atoms with E-state index in [2.05, 4.69) is 11.5 Å². The maximum atomic E-state index is 11.8. The molecule has 0 aliphatic heterocycles. The zero-order chi connectivity index (χ0) is 16.7. The number of hydrogen-bond acceptors (Lipinski definition) is 2. The molecule has 1 N–H and O–H groups in total. The summed E-state index contributed by atoms with van der Waals surface area (Å²) in [6.45, 7) is 5.01. The van der Waals surface area contributed by atoms with Crippen LogP contribution in [-0.2, 0) is 6.54 Å². The highest BCUT2D eigenvalue weighted by Crippen LogP contribution is 2.28. The molecular weight excluding hydrogens is 286 g/mol. The minimum atomic E-state index is 0.00180. The average Bonchev–Trinajstić information content (AvgIpc) is 2.54. The molecule has 0 aliphatic carbocycles. The molecule has 1 aromatic carbocycles. The Bertz CT molecular complexity index is 688. The fourth-order valence-electron chi connectivity index (χ4n) is 2.90. The third kappa shape index (κ3) is 4.72. The molecule has 3 heteroatoms. The van der Waals surface area contributed by atoms with Gasteiger partial charge in [0.15, 0.2) is 5.43 Å². The second-order valence-electron chi connectivity index (χ2n) is 6.16. The highest BCUT2D eigenvalue weighted by molar-refractivity contribution is 5.66. The first-order chi connectivity index (χ1) is 11.1. The molecule has 0 spiro atoms. The second kappa shape index (κ2) is 8.56. The molecule has 0 amide bonds. The van der Waals surface area contributed by atoms with Crippen molar-refractivity contribution in [2.45, 2.75) is 58.9 Å². The van der Waals surface area contributed by atoms with Gasteiger partial charge in [-0.3, -0.25) is 4.79 Å². The number of aryl methyl sites for hydroxylation is 1. The first-order valence-corrected chi connectivity index (χ1v) is 8.63. The van der Waals surface area contributed by atoms with Gasteiger partial charge in [-0.05, 0) is 19.4 Å². The number of pyridine rings is 1. The summed E-state index contributed by atoms with van der Waals surface area (Å²) in [4.78, 5) is 11.8. The van der Waals surface area contributed by atoms with Crippen LogP contribution in [-0.4, -0.2) is 9.67 Å². The van der Waals surface area contributed by atoms with E-state index >= 15 is 0 Å². The summed E-state index contributed by atoms with van der Waals surface area (Å²) in [5.74, 6) is 0.268. The monoisotopic (exact) mass is 313 g/mol. The number of unbranched alkanes of at least 4 members (excludes halogenated alkanes) is 5. The van der Waals surface area contributed by atoms with Crippen molar-refractivity contribution >= 4 is 0 Å². The van der Waals surface area contributed by atoms with Gasteiger partial charge in [0.05, 0.1) is 5.69 Å². The van der Waals surface area contributed by atoms with Gasteiger partial charge >= 0.3 is 0 Å². The minimum absolute atomic E-state index is 0.00180. The molecule has 0 bridgehead atoms. The largest absolute Gasteiger partial charge is 0.508 e. The van der Waals surface area contributed by atoms with E-state index in [0.717, 1.165) is 29.8 Å². The number of phenolic OH excluding ortho intramolecular Hbond substituents is 1. The minimum Gasteiger partial charge on any atom is -0.508 e. The van der Waals surface area contributed by atoms with Crippen LogP contribution in [0.15, 0.2) is 41.3 Å². The lowest BCUT2D eigenvalue weighted by Crippen LogP contribution is -2.09. The lowest BCUT2D eigenvalue weighted by Gasteiger charge is -2.15. The number of rotatable bonds is 8. The van der Waals surface area contributed by atoms with Gasteiger partial charge in [-0.2, -0.15) is 0 Å². The normalized spacial score (nSPS) is 10.9. The summed E-state index contributed by atoms with van der Waals surface area (Å²) in [6.07, 6.45) is 9.34. The summed E-state index contributed by atoms with van der Waals surface area (Å²) in [5, 5.41) is 9.93. The van der Waals surface area contributed by atoms with Crippen molar-refractivity contribution in [2.75, 3.05) is 0 Å². The van der Waals surface area contributed by atoms with Crippen molar-refractivity contribution in [1.82, 2.24) is 4.57 Å². The number of benzene rings is 1. The topological polar surface area (TPSA) is 42.2 Å². The molecule has 1 heterocycles. The van der Waals surface area contributed by atoms with Crippen LogP contribution in [0.4, 0.5) is 0 Å². The summed E-state index contributed by atoms with van der Waals surface area (Å²) in [6, 6.07) is 8.74. The number of aromatic hydroxyl groups is 1. The fraction of sp³-hybridized carbons (Fsp3) is 0.450. The Hall–Kier alpha value is -2.03. The lowest BCUT2D eigenvalue weighted by molar-refractivity contribution is 0.471. The van der Waals surface area contributed by atoms with Crippen LogP contribution in [0.5, 0.6) is 5.75 Å². The quantitative estimate of drug-likeness (QED) is 0.705. The Morgan fingerprint density at radius 1 is 1.04 bits per heavy atom. The summed E-state index contributed by atoms with van der Waals surface area (Å²) in [5.41, 5.74) is 2.63. The van der Waals surface area contributed by atoms with Crippen LogP contribution < -0.4 is 5.43 Å². The standard InChI is InChI=1S/C20H27NO2/c1-3-4-5-6-7-8-13-21-14-12-17(22)15-19(21)18-10-9-11-20(23)16(18)2/h9-12,14-15,23H,3-8,13H2,1-2H3. The molecule has 0 saturated heterocycles. The van der Waals surface area contributed by atoms with Crippen molar-refractivity contribution in [1.29, 1.82) is 0 Å². The molecule has 2 aromatic rings. The van der Waals surface area contributed by atoms with E-state index in [1.807, 2.05) is 25.3 Å². The van der Waals surface area contributed by atoms with Crippen LogP contribution in [0, 0.1) is 6.92 Å². The molecule has 0 aliphatic rings.